The summed E-state index contributed by atoms with van der Waals surface area (Å²) >= 11 is 1.80. The van der Waals surface area contributed by atoms with Crippen LogP contribution in [0.1, 0.15) is 37.0 Å². The number of hydrogen-bond acceptors (Lipinski definition) is 4. The van der Waals surface area contributed by atoms with Crippen molar-refractivity contribution >= 4 is 17.3 Å². The Morgan fingerprint density at radius 1 is 1.42 bits per heavy atom. The average molecular weight is 354 g/mol. The first-order chi connectivity index (χ1) is 11.8. The minimum Gasteiger partial charge on any atom is -0.381 e. The van der Waals surface area contributed by atoms with Crippen LogP contribution in [0.4, 0.5) is 0 Å². The van der Waals surface area contributed by atoms with Gasteiger partial charge in [-0.15, -0.1) is 11.3 Å². The molecule has 136 valence electrons. The molecule has 0 aliphatic carbocycles. The van der Waals surface area contributed by atoms with E-state index in [1.165, 1.54) is 4.88 Å². The van der Waals surface area contributed by atoms with Gasteiger partial charge in [-0.3, -0.25) is 4.99 Å². The van der Waals surface area contributed by atoms with Crippen LogP contribution in [0.3, 0.4) is 0 Å². The molecule has 5 nitrogen and oxygen atoms in total. The van der Waals surface area contributed by atoms with Gasteiger partial charge >= 0.3 is 0 Å². The normalized spacial score (nSPS) is 17.7. The predicted molar refractivity (Wildman–Crippen MR) is 101 cm³/mol. The molecule has 6 heteroatoms. The summed E-state index contributed by atoms with van der Waals surface area (Å²) in [6.45, 7) is 7.45. The Morgan fingerprint density at radius 3 is 2.96 bits per heavy atom. The topological polar surface area (TPSA) is 54.9 Å². The fraction of sp³-hybridized carbons (Fsp3) is 0.722. The highest BCUT2D eigenvalue weighted by atomic mass is 32.1. The van der Waals surface area contributed by atoms with Crippen LogP contribution in [0.15, 0.2) is 22.5 Å². The molecule has 0 amide bonds. The highest BCUT2D eigenvalue weighted by Crippen LogP contribution is 2.19. The summed E-state index contributed by atoms with van der Waals surface area (Å²) in [5, 5.41) is 8.87. The van der Waals surface area contributed by atoms with Crippen LogP contribution in [-0.2, 0) is 9.47 Å². The third kappa shape index (κ3) is 7.20. The monoisotopic (exact) mass is 353 g/mol. The molecule has 1 saturated heterocycles. The van der Waals surface area contributed by atoms with E-state index in [-0.39, 0.29) is 0 Å². The second-order valence-corrected chi connectivity index (χ2v) is 7.26. The number of hydrogen-bond donors (Lipinski definition) is 2. The van der Waals surface area contributed by atoms with E-state index in [4.69, 9.17) is 9.47 Å². The van der Waals surface area contributed by atoms with Gasteiger partial charge in [-0.1, -0.05) is 13.0 Å². The molecule has 2 N–H and O–H groups in total. The number of rotatable bonds is 9. The Balaban J connectivity index is 1.50. The Morgan fingerprint density at radius 2 is 2.25 bits per heavy atom. The zero-order chi connectivity index (χ0) is 17.0. The van der Waals surface area contributed by atoms with Crippen LogP contribution in [0, 0.1) is 5.92 Å². The first-order valence-corrected chi connectivity index (χ1v) is 9.81. The third-order valence-electron chi connectivity index (χ3n) is 4.28. The Kier molecular flexibility index (Phi) is 9.16. The Bertz CT molecular complexity index is 459. The van der Waals surface area contributed by atoms with Crippen molar-refractivity contribution in [3.63, 3.8) is 0 Å². The van der Waals surface area contributed by atoms with Gasteiger partial charge in [0.1, 0.15) is 0 Å². The summed E-state index contributed by atoms with van der Waals surface area (Å²) in [7, 11) is 1.81. The molecule has 2 rings (SSSR count). The Labute approximate surface area is 149 Å². The van der Waals surface area contributed by atoms with Gasteiger partial charge < -0.3 is 20.1 Å². The number of nitrogens with one attached hydrogen (secondary N) is 2. The fourth-order valence-corrected chi connectivity index (χ4v) is 3.47. The lowest BCUT2D eigenvalue weighted by Gasteiger charge is -2.21. The van der Waals surface area contributed by atoms with Gasteiger partial charge in [0.25, 0.3) is 0 Å². The lowest BCUT2D eigenvalue weighted by atomic mass is 10.0. The number of ether oxygens (including phenoxy) is 2. The molecule has 24 heavy (non-hydrogen) atoms. The quantitative estimate of drug-likeness (QED) is 0.407. The lowest BCUT2D eigenvalue weighted by Crippen LogP contribution is -2.39. The summed E-state index contributed by atoms with van der Waals surface area (Å²) in [6, 6.07) is 4.28. The van der Waals surface area contributed by atoms with Crippen LogP contribution < -0.4 is 10.6 Å². The molecule has 1 aromatic heterocycles. The van der Waals surface area contributed by atoms with E-state index in [1.807, 2.05) is 7.05 Å². The van der Waals surface area contributed by atoms with Crippen molar-refractivity contribution < 1.29 is 9.47 Å². The maximum absolute atomic E-state index is 5.78. The van der Waals surface area contributed by atoms with E-state index in [0.717, 1.165) is 64.7 Å². The largest absolute Gasteiger partial charge is 0.381 e. The molecule has 0 aromatic carbocycles. The lowest BCUT2D eigenvalue weighted by molar-refractivity contribution is 0.0203. The SMILES string of the molecule is CN=C(NCCCOCC1CCOCC1)NCC(C)c1cccs1. The molecule has 1 fully saturated rings. The molecular weight excluding hydrogens is 322 g/mol. The van der Waals surface area contributed by atoms with E-state index < -0.39 is 0 Å². The van der Waals surface area contributed by atoms with Gasteiger partial charge in [0.15, 0.2) is 5.96 Å². The summed E-state index contributed by atoms with van der Waals surface area (Å²) < 4.78 is 11.1. The minimum absolute atomic E-state index is 0.492. The molecule has 1 aromatic rings. The van der Waals surface area contributed by atoms with Crippen molar-refractivity contribution in [2.24, 2.45) is 10.9 Å². The van der Waals surface area contributed by atoms with Crippen molar-refractivity contribution in [2.75, 3.05) is 46.6 Å². The number of aliphatic imine (C=N–C) groups is 1. The molecule has 1 unspecified atom stereocenters. The van der Waals surface area contributed by atoms with Crippen LogP contribution in [-0.4, -0.2) is 52.5 Å². The highest BCUT2D eigenvalue weighted by Gasteiger charge is 2.13. The first kappa shape index (κ1) is 19.2. The first-order valence-electron chi connectivity index (χ1n) is 8.93. The molecule has 0 radical (unpaired) electrons. The molecule has 0 saturated carbocycles. The van der Waals surface area contributed by atoms with Gasteiger partial charge in [-0.25, -0.2) is 0 Å². The number of guanidine groups is 1. The summed E-state index contributed by atoms with van der Waals surface area (Å²) in [4.78, 5) is 5.68. The molecular formula is C18H31N3O2S. The van der Waals surface area contributed by atoms with Gasteiger partial charge in [0.05, 0.1) is 0 Å². The zero-order valence-corrected chi connectivity index (χ0v) is 15.7. The summed E-state index contributed by atoms with van der Waals surface area (Å²) in [5.74, 6) is 2.04. The van der Waals surface area contributed by atoms with Gasteiger partial charge in [-0.05, 0) is 36.6 Å². The average Bonchev–Trinajstić information content (AvgIpc) is 3.16. The van der Waals surface area contributed by atoms with E-state index >= 15 is 0 Å². The smallest absolute Gasteiger partial charge is 0.190 e. The van der Waals surface area contributed by atoms with Crippen LogP contribution in [0.5, 0.6) is 0 Å². The van der Waals surface area contributed by atoms with E-state index in [2.05, 4.69) is 40.1 Å². The molecule has 0 spiro atoms. The van der Waals surface area contributed by atoms with Crippen LogP contribution in [0.25, 0.3) is 0 Å². The van der Waals surface area contributed by atoms with Crippen LogP contribution >= 0.6 is 11.3 Å². The third-order valence-corrected chi connectivity index (χ3v) is 5.38. The minimum atomic E-state index is 0.492. The van der Waals surface area contributed by atoms with Crippen molar-refractivity contribution in [3.05, 3.63) is 22.4 Å². The maximum atomic E-state index is 5.78. The Hall–Kier alpha value is -1.11. The standard InChI is InChI=1S/C18H31N3O2S/c1-15(17-5-3-12-24-17)13-21-18(19-2)20-8-4-9-23-14-16-6-10-22-11-7-16/h3,5,12,15-16H,4,6-11,13-14H2,1-2H3,(H2,19,20,21). The van der Waals surface area contributed by atoms with Gasteiger partial charge in [-0.2, -0.15) is 0 Å². The van der Waals surface area contributed by atoms with Gasteiger partial charge in [0.2, 0.25) is 0 Å². The number of nitrogens with zero attached hydrogens (tertiary/aromatic N) is 1. The van der Waals surface area contributed by atoms with Gasteiger partial charge in [0, 0.05) is 57.4 Å². The van der Waals surface area contributed by atoms with Crippen molar-refractivity contribution in [1.29, 1.82) is 0 Å². The van der Waals surface area contributed by atoms with E-state index in [0.29, 0.717) is 11.8 Å². The second kappa shape index (κ2) is 11.4. The van der Waals surface area contributed by atoms with Crippen molar-refractivity contribution in [3.8, 4) is 0 Å². The zero-order valence-electron chi connectivity index (χ0n) is 14.9. The molecule has 1 atom stereocenters. The second-order valence-electron chi connectivity index (χ2n) is 6.28. The van der Waals surface area contributed by atoms with E-state index in [9.17, 15) is 0 Å². The molecule has 0 bridgehead atoms. The molecule has 1 aliphatic heterocycles. The summed E-state index contributed by atoms with van der Waals surface area (Å²) in [6.07, 6.45) is 3.26. The number of thiophene rings is 1. The summed E-state index contributed by atoms with van der Waals surface area (Å²) in [5.41, 5.74) is 0. The highest BCUT2D eigenvalue weighted by molar-refractivity contribution is 7.10. The maximum Gasteiger partial charge on any atom is 0.190 e. The predicted octanol–water partition coefficient (Wildman–Crippen LogP) is 2.85. The van der Waals surface area contributed by atoms with Crippen LogP contribution in [0.2, 0.25) is 0 Å². The van der Waals surface area contributed by atoms with Crippen molar-refractivity contribution in [2.45, 2.75) is 32.1 Å². The van der Waals surface area contributed by atoms with E-state index in [1.54, 1.807) is 11.3 Å². The molecule has 1 aliphatic rings. The fourth-order valence-electron chi connectivity index (χ4n) is 2.69. The van der Waals surface area contributed by atoms with Crippen molar-refractivity contribution in [1.82, 2.24) is 10.6 Å². The molecule has 2 heterocycles.